The van der Waals surface area contributed by atoms with Gasteiger partial charge in [-0.15, -0.1) is 0 Å². The Morgan fingerprint density at radius 3 is 2.94 bits per heavy atom. The zero-order chi connectivity index (χ0) is 12.4. The fraction of sp³-hybridized carbons (Fsp3) is 0.538. The summed E-state index contributed by atoms with van der Waals surface area (Å²) in [6, 6.07) is 4.03. The molecule has 2 unspecified atom stereocenters. The second-order valence-electron chi connectivity index (χ2n) is 4.86. The molecule has 2 atom stereocenters. The number of carboxylic acids is 1. The van der Waals surface area contributed by atoms with E-state index in [0.29, 0.717) is 12.0 Å². The van der Waals surface area contributed by atoms with Gasteiger partial charge in [0.05, 0.1) is 5.69 Å². The summed E-state index contributed by atoms with van der Waals surface area (Å²) in [6.45, 7) is 5.26. The average molecular weight is 234 g/mol. The monoisotopic (exact) mass is 234 g/mol. The molecule has 2 rings (SSSR count). The molecule has 1 fully saturated rings. The minimum atomic E-state index is -0.953. The van der Waals surface area contributed by atoms with E-state index in [4.69, 9.17) is 5.11 Å². The van der Waals surface area contributed by atoms with Crippen LogP contribution in [-0.4, -0.2) is 28.6 Å². The number of nitrogens with zero attached hydrogens (tertiary/aromatic N) is 2. The van der Waals surface area contributed by atoms with Gasteiger partial charge in [-0.25, -0.2) is 9.78 Å². The molecule has 2 heterocycles. The van der Waals surface area contributed by atoms with Crippen molar-refractivity contribution in [2.45, 2.75) is 32.7 Å². The maximum Gasteiger partial charge on any atom is 0.356 e. The molecule has 0 aliphatic carbocycles. The highest BCUT2D eigenvalue weighted by molar-refractivity contribution is 5.92. The molecule has 1 aliphatic heterocycles. The van der Waals surface area contributed by atoms with E-state index in [0.717, 1.165) is 18.7 Å². The van der Waals surface area contributed by atoms with Gasteiger partial charge in [-0.1, -0.05) is 6.92 Å². The zero-order valence-electron chi connectivity index (χ0n) is 10.3. The highest BCUT2D eigenvalue weighted by atomic mass is 16.4. The van der Waals surface area contributed by atoms with Crippen LogP contribution in [0.5, 0.6) is 0 Å². The SMILES string of the molecule is CC1CCC(C)N(c2cccnc2C(=O)O)C1. The Labute approximate surface area is 101 Å². The number of aromatic carboxylic acids is 1. The number of carbonyl (C=O) groups is 1. The molecule has 1 aromatic heterocycles. The quantitative estimate of drug-likeness (QED) is 0.853. The minimum Gasteiger partial charge on any atom is -0.476 e. The van der Waals surface area contributed by atoms with Crippen LogP contribution in [0.3, 0.4) is 0 Å². The lowest BCUT2D eigenvalue weighted by Crippen LogP contribution is -2.42. The molecule has 0 spiro atoms. The first kappa shape index (κ1) is 11.9. The summed E-state index contributed by atoms with van der Waals surface area (Å²) >= 11 is 0. The van der Waals surface area contributed by atoms with Gasteiger partial charge in [0, 0.05) is 18.8 Å². The summed E-state index contributed by atoms with van der Waals surface area (Å²) in [7, 11) is 0. The molecule has 0 amide bonds. The van der Waals surface area contributed by atoms with Crippen LogP contribution in [0.4, 0.5) is 5.69 Å². The summed E-state index contributed by atoms with van der Waals surface area (Å²) in [6.07, 6.45) is 3.85. The van der Waals surface area contributed by atoms with Gasteiger partial charge < -0.3 is 10.0 Å². The first-order valence-corrected chi connectivity index (χ1v) is 6.04. The highest BCUT2D eigenvalue weighted by Crippen LogP contribution is 2.29. The maximum atomic E-state index is 11.2. The Hall–Kier alpha value is -1.58. The average Bonchev–Trinajstić information content (AvgIpc) is 2.32. The predicted molar refractivity (Wildman–Crippen MR) is 66.4 cm³/mol. The van der Waals surface area contributed by atoms with Gasteiger partial charge in [-0.2, -0.15) is 0 Å². The third-order valence-electron chi connectivity index (χ3n) is 3.42. The molecule has 0 bridgehead atoms. The van der Waals surface area contributed by atoms with Crippen molar-refractivity contribution < 1.29 is 9.90 Å². The molecule has 0 saturated carbocycles. The van der Waals surface area contributed by atoms with Gasteiger partial charge in [-0.3, -0.25) is 0 Å². The van der Waals surface area contributed by atoms with Crippen LogP contribution in [0.2, 0.25) is 0 Å². The fourth-order valence-electron chi connectivity index (χ4n) is 2.42. The lowest BCUT2D eigenvalue weighted by atomic mass is 9.94. The van der Waals surface area contributed by atoms with E-state index < -0.39 is 5.97 Å². The third-order valence-corrected chi connectivity index (χ3v) is 3.42. The summed E-state index contributed by atoms with van der Waals surface area (Å²) in [5.41, 5.74) is 0.910. The Balaban J connectivity index is 2.35. The number of rotatable bonds is 2. The molecule has 92 valence electrons. The summed E-state index contributed by atoms with van der Waals surface area (Å²) in [5, 5.41) is 9.16. The molecule has 4 nitrogen and oxygen atoms in total. The molecule has 4 heteroatoms. The lowest BCUT2D eigenvalue weighted by Gasteiger charge is -2.38. The van der Waals surface area contributed by atoms with Gasteiger partial charge in [-0.05, 0) is 37.8 Å². The molecule has 1 aromatic rings. The van der Waals surface area contributed by atoms with E-state index in [2.05, 4.69) is 23.7 Å². The van der Waals surface area contributed by atoms with E-state index in [9.17, 15) is 4.79 Å². The number of hydrogen-bond donors (Lipinski definition) is 1. The zero-order valence-corrected chi connectivity index (χ0v) is 10.3. The second-order valence-corrected chi connectivity index (χ2v) is 4.86. The van der Waals surface area contributed by atoms with E-state index in [1.165, 1.54) is 12.6 Å². The predicted octanol–water partition coefficient (Wildman–Crippen LogP) is 2.40. The number of aromatic nitrogens is 1. The normalized spacial score (nSPS) is 24.7. The Morgan fingerprint density at radius 2 is 2.24 bits per heavy atom. The number of pyridine rings is 1. The Kier molecular flexibility index (Phi) is 3.31. The molecule has 0 aromatic carbocycles. The molecular weight excluding hydrogens is 216 g/mol. The topological polar surface area (TPSA) is 53.4 Å². The van der Waals surface area contributed by atoms with Crippen LogP contribution in [0.15, 0.2) is 18.3 Å². The second kappa shape index (κ2) is 4.73. The molecule has 17 heavy (non-hydrogen) atoms. The van der Waals surface area contributed by atoms with E-state index >= 15 is 0 Å². The van der Waals surface area contributed by atoms with Gasteiger partial charge in [0.15, 0.2) is 5.69 Å². The van der Waals surface area contributed by atoms with Crippen molar-refractivity contribution in [1.82, 2.24) is 4.98 Å². The van der Waals surface area contributed by atoms with Gasteiger partial charge >= 0.3 is 5.97 Å². The Morgan fingerprint density at radius 1 is 1.47 bits per heavy atom. The largest absolute Gasteiger partial charge is 0.476 e. The first-order chi connectivity index (χ1) is 8.09. The van der Waals surface area contributed by atoms with Crippen LogP contribution in [0, 0.1) is 5.92 Å². The maximum absolute atomic E-state index is 11.2. The molecule has 1 saturated heterocycles. The first-order valence-electron chi connectivity index (χ1n) is 6.04. The van der Waals surface area contributed by atoms with Crippen molar-refractivity contribution in [3.8, 4) is 0 Å². The van der Waals surface area contributed by atoms with Crippen LogP contribution in [0.1, 0.15) is 37.2 Å². The van der Waals surface area contributed by atoms with Crippen molar-refractivity contribution >= 4 is 11.7 Å². The molecule has 1 N–H and O–H groups in total. The van der Waals surface area contributed by atoms with Crippen molar-refractivity contribution in [2.24, 2.45) is 5.92 Å². The highest BCUT2D eigenvalue weighted by Gasteiger charge is 2.26. The van der Waals surface area contributed by atoms with Crippen molar-refractivity contribution in [2.75, 3.05) is 11.4 Å². The standard InChI is InChI=1S/C13H18N2O2/c1-9-5-6-10(2)15(8-9)11-4-3-7-14-12(11)13(16)17/h3-4,7,9-10H,5-6,8H2,1-2H3,(H,16,17). The lowest BCUT2D eigenvalue weighted by molar-refractivity contribution is 0.0691. The van der Waals surface area contributed by atoms with Crippen molar-refractivity contribution in [3.63, 3.8) is 0 Å². The van der Waals surface area contributed by atoms with Crippen LogP contribution >= 0.6 is 0 Å². The van der Waals surface area contributed by atoms with Crippen LogP contribution in [-0.2, 0) is 0 Å². The minimum absolute atomic E-state index is 0.161. The van der Waals surface area contributed by atoms with Crippen LogP contribution < -0.4 is 4.90 Å². The molecule has 1 aliphatic rings. The summed E-state index contributed by atoms with van der Waals surface area (Å²) in [5.74, 6) is -0.348. The van der Waals surface area contributed by atoms with Gasteiger partial charge in [0.1, 0.15) is 0 Å². The van der Waals surface area contributed by atoms with Crippen LogP contribution in [0.25, 0.3) is 0 Å². The summed E-state index contributed by atoms with van der Waals surface area (Å²) < 4.78 is 0. The number of anilines is 1. The molecular formula is C13H18N2O2. The fourth-order valence-corrected chi connectivity index (χ4v) is 2.42. The van der Waals surface area contributed by atoms with Gasteiger partial charge in [0.2, 0.25) is 0 Å². The van der Waals surface area contributed by atoms with E-state index in [-0.39, 0.29) is 5.69 Å². The van der Waals surface area contributed by atoms with Gasteiger partial charge in [0.25, 0.3) is 0 Å². The number of piperidine rings is 1. The molecule has 0 radical (unpaired) electrons. The van der Waals surface area contributed by atoms with Crippen molar-refractivity contribution in [1.29, 1.82) is 0 Å². The number of carboxylic acid groups (broad SMARTS) is 1. The van der Waals surface area contributed by atoms with E-state index in [1.54, 1.807) is 6.07 Å². The smallest absolute Gasteiger partial charge is 0.356 e. The van der Waals surface area contributed by atoms with Crippen molar-refractivity contribution in [3.05, 3.63) is 24.0 Å². The Bertz CT molecular complexity index is 420. The summed E-state index contributed by atoms with van der Waals surface area (Å²) in [4.78, 5) is 17.3. The third kappa shape index (κ3) is 2.40. The van der Waals surface area contributed by atoms with E-state index in [1.807, 2.05) is 6.07 Å². The number of hydrogen-bond acceptors (Lipinski definition) is 3.